The van der Waals surface area contributed by atoms with Gasteiger partial charge in [-0.15, -0.1) is 0 Å². The Labute approximate surface area is 226 Å². The van der Waals surface area contributed by atoms with E-state index in [0.29, 0.717) is 23.6 Å². The van der Waals surface area contributed by atoms with Gasteiger partial charge in [-0.05, 0) is 73.0 Å². The van der Waals surface area contributed by atoms with Gasteiger partial charge < -0.3 is 10.4 Å². The number of amides is 1. The molecular formula is C28H27ClN2O6S. The highest BCUT2D eigenvalue weighted by atomic mass is 35.5. The van der Waals surface area contributed by atoms with Crippen LogP contribution in [0, 0.1) is 0 Å². The number of ketones is 1. The molecule has 0 fully saturated rings. The number of sulfonamides is 1. The van der Waals surface area contributed by atoms with Crippen LogP contribution in [0.3, 0.4) is 0 Å². The van der Waals surface area contributed by atoms with Crippen LogP contribution < -0.4 is 9.62 Å². The van der Waals surface area contributed by atoms with E-state index in [9.17, 15) is 27.9 Å². The van der Waals surface area contributed by atoms with Crippen molar-refractivity contribution in [2.75, 3.05) is 16.2 Å². The Balaban J connectivity index is 1.51. The molecule has 0 saturated heterocycles. The van der Waals surface area contributed by atoms with Gasteiger partial charge in [0.25, 0.3) is 15.9 Å². The Kier molecular flexibility index (Phi) is 8.18. The molecule has 8 nitrogen and oxygen atoms in total. The summed E-state index contributed by atoms with van der Waals surface area (Å²) in [6, 6.07) is 14.7. The first-order valence-corrected chi connectivity index (χ1v) is 14.1. The van der Waals surface area contributed by atoms with Crippen LogP contribution in [0.15, 0.2) is 65.6 Å². The molecule has 3 aromatic rings. The number of aromatic carboxylic acids is 1. The number of Topliss-reactive ketones (excluding diaryl/α,β-unsaturated/α-hetero) is 1. The molecule has 2 N–H and O–H groups in total. The third-order valence-corrected chi connectivity index (χ3v) is 8.49. The number of carbonyl (C=O) groups excluding carboxylic acids is 2. The third-order valence-electron chi connectivity index (χ3n) is 6.43. The minimum atomic E-state index is -3.88. The molecule has 1 aliphatic heterocycles. The van der Waals surface area contributed by atoms with E-state index < -0.39 is 21.9 Å². The van der Waals surface area contributed by atoms with Gasteiger partial charge in [-0.3, -0.25) is 13.9 Å². The summed E-state index contributed by atoms with van der Waals surface area (Å²) in [5.41, 5.74) is 1.67. The molecule has 0 aromatic heterocycles. The van der Waals surface area contributed by atoms with Crippen molar-refractivity contribution in [3.05, 3.63) is 87.9 Å². The van der Waals surface area contributed by atoms with Gasteiger partial charge in [0.1, 0.15) is 0 Å². The maximum atomic E-state index is 13.3. The number of carboxylic acids is 1. The highest BCUT2D eigenvalue weighted by molar-refractivity contribution is 7.92. The number of halogens is 1. The minimum absolute atomic E-state index is 0.0130. The van der Waals surface area contributed by atoms with Gasteiger partial charge in [-0.2, -0.15) is 0 Å². The molecule has 0 bridgehead atoms. The molecule has 0 unspecified atom stereocenters. The Morgan fingerprint density at radius 3 is 2.37 bits per heavy atom. The third kappa shape index (κ3) is 5.74. The van der Waals surface area contributed by atoms with E-state index in [-0.39, 0.29) is 39.6 Å². The van der Waals surface area contributed by atoms with Crippen LogP contribution in [0.5, 0.6) is 0 Å². The fraction of sp³-hybridized carbons (Fsp3) is 0.250. The second-order valence-corrected chi connectivity index (χ2v) is 11.3. The molecule has 1 amide bonds. The summed E-state index contributed by atoms with van der Waals surface area (Å²) < 4.78 is 27.8. The number of benzene rings is 3. The molecule has 4 rings (SSSR count). The lowest BCUT2D eigenvalue weighted by Gasteiger charge is -2.20. The molecular weight excluding hydrogens is 528 g/mol. The summed E-state index contributed by atoms with van der Waals surface area (Å²) in [5, 5.41) is 12.6. The van der Waals surface area contributed by atoms with Crippen molar-refractivity contribution in [1.29, 1.82) is 0 Å². The fourth-order valence-corrected chi connectivity index (χ4v) is 6.02. The fourth-order valence-electron chi connectivity index (χ4n) is 4.36. The number of hydrogen-bond acceptors (Lipinski definition) is 5. The normalized spacial score (nSPS) is 12.7. The van der Waals surface area contributed by atoms with E-state index >= 15 is 0 Å². The summed E-state index contributed by atoms with van der Waals surface area (Å²) in [4.78, 5) is 37.1. The summed E-state index contributed by atoms with van der Waals surface area (Å²) in [5.74, 6) is -2.05. The van der Waals surface area contributed by atoms with Crippen LogP contribution in [0.1, 0.15) is 69.2 Å². The van der Waals surface area contributed by atoms with Gasteiger partial charge >= 0.3 is 5.97 Å². The molecule has 3 aromatic carbocycles. The molecule has 0 spiro atoms. The van der Waals surface area contributed by atoms with E-state index in [2.05, 4.69) is 5.32 Å². The maximum Gasteiger partial charge on any atom is 0.337 e. The number of carbonyl (C=O) groups is 3. The van der Waals surface area contributed by atoms with E-state index in [1.54, 1.807) is 18.2 Å². The topological polar surface area (TPSA) is 121 Å². The first-order chi connectivity index (χ1) is 18.1. The lowest BCUT2D eigenvalue weighted by Crippen LogP contribution is -2.29. The predicted octanol–water partition coefficient (Wildman–Crippen LogP) is 5.80. The second kappa shape index (κ2) is 11.4. The quantitative estimate of drug-likeness (QED) is 0.241. The number of nitrogens with one attached hydrogen (secondary N) is 1. The van der Waals surface area contributed by atoms with Crippen molar-refractivity contribution < 1.29 is 27.9 Å². The molecule has 0 atom stereocenters. The molecule has 0 aliphatic carbocycles. The highest BCUT2D eigenvalue weighted by Crippen LogP contribution is 2.35. The lowest BCUT2D eigenvalue weighted by atomic mass is 10.0. The van der Waals surface area contributed by atoms with Gasteiger partial charge in [-0.25, -0.2) is 13.2 Å². The number of rotatable bonds is 10. The maximum absolute atomic E-state index is 13.3. The monoisotopic (exact) mass is 554 g/mol. The Hall–Kier alpha value is -3.69. The van der Waals surface area contributed by atoms with Gasteiger partial charge in [0.15, 0.2) is 5.78 Å². The van der Waals surface area contributed by atoms with Crippen molar-refractivity contribution in [3.8, 4) is 0 Å². The smallest absolute Gasteiger partial charge is 0.337 e. The van der Waals surface area contributed by atoms with Crippen molar-refractivity contribution in [2.24, 2.45) is 0 Å². The molecule has 38 heavy (non-hydrogen) atoms. The summed E-state index contributed by atoms with van der Waals surface area (Å²) >= 11 is 6.07. The SMILES string of the molecule is CCCCCC(=O)c1ccc(NC(=O)c2ccc(S(=O)(=O)N3CCc4ccc(Cl)cc43)cc2)c(C(=O)O)c1. The van der Waals surface area contributed by atoms with Crippen LogP contribution in [0.2, 0.25) is 5.02 Å². The number of hydrogen-bond donors (Lipinski definition) is 2. The highest BCUT2D eigenvalue weighted by Gasteiger charge is 2.31. The molecule has 198 valence electrons. The summed E-state index contributed by atoms with van der Waals surface area (Å²) in [6.45, 7) is 2.31. The van der Waals surface area contributed by atoms with Gasteiger partial charge in [0.2, 0.25) is 0 Å². The standard InChI is InChI=1S/C28H27ClN2O6S/c1-2-3-4-5-26(32)20-9-13-24(23(16-20)28(34)35)30-27(33)19-7-11-22(12-8-19)38(36,37)31-15-14-18-6-10-21(29)17-25(18)31/h6-13,16-17H,2-5,14-15H2,1H3,(H,30,33)(H,34,35). The van der Waals surface area contributed by atoms with Crippen LogP contribution in [-0.2, 0) is 16.4 Å². The number of nitrogens with zero attached hydrogens (tertiary/aromatic N) is 1. The summed E-state index contributed by atoms with van der Waals surface area (Å²) in [6.07, 6.45) is 3.49. The number of fused-ring (bicyclic) bond motifs is 1. The minimum Gasteiger partial charge on any atom is -0.478 e. The predicted molar refractivity (Wildman–Crippen MR) is 146 cm³/mol. The average molecular weight is 555 g/mol. The van der Waals surface area contributed by atoms with Crippen LogP contribution in [-0.4, -0.2) is 37.7 Å². The number of carboxylic acid groups (broad SMARTS) is 1. The van der Waals surface area contributed by atoms with E-state index in [0.717, 1.165) is 24.8 Å². The van der Waals surface area contributed by atoms with Gasteiger partial charge in [0.05, 0.1) is 21.8 Å². The zero-order valence-corrected chi connectivity index (χ0v) is 22.3. The van der Waals surface area contributed by atoms with E-state index in [1.807, 2.05) is 6.92 Å². The van der Waals surface area contributed by atoms with Crippen LogP contribution in [0.25, 0.3) is 0 Å². The Morgan fingerprint density at radius 2 is 1.68 bits per heavy atom. The molecule has 10 heteroatoms. The number of anilines is 2. The van der Waals surface area contributed by atoms with E-state index in [1.165, 1.54) is 46.8 Å². The lowest BCUT2D eigenvalue weighted by molar-refractivity contribution is 0.0698. The Morgan fingerprint density at radius 1 is 0.974 bits per heavy atom. The van der Waals surface area contributed by atoms with Crippen LogP contribution in [0.4, 0.5) is 11.4 Å². The van der Waals surface area contributed by atoms with Crippen molar-refractivity contribution in [2.45, 2.75) is 43.9 Å². The first kappa shape index (κ1) is 27.3. The molecule has 0 saturated carbocycles. The number of unbranched alkanes of at least 4 members (excludes halogenated alkanes) is 2. The van der Waals surface area contributed by atoms with Crippen molar-refractivity contribution in [3.63, 3.8) is 0 Å². The molecule has 0 radical (unpaired) electrons. The van der Waals surface area contributed by atoms with Crippen molar-refractivity contribution in [1.82, 2.24) is 0 Å². The first-order valence-electron chi connectivity index (χ1n) is 12.2. The average Bonchev–Trinajstić information content (AvgIpc) is 3.32. The van der Waals surface area contributed by atoms with Crippen LogP contribution >= 0.6 is 11.6 Å². The Bertz CT molecular complexity index is 1500. The molecule has 1 heterocycles. The summed E-state index contributed by atoms with van der Waals surface area (Å²) in [7, 11) is -3.88. The largest absolute Gasteiger partial charge is 0.478 e. The van der Waals surface area contributed by atoms with E-state index in [4.69, 9.17) is 11.6 Å². The van der Waals surface area contributed by atoms with Crippen molar-refractivity contribution >= 4 is 50.7 Å². The molecule has 1 aliphatic rings. The zero-order valence-electron chi connectivity index (χ0n) is 20.7. The second-order valence-electron chi connectivity index (χ2n) is 9.02. The zero-order chi connectivity index (χ0) is 27.4. The van der Waals surface area contributed by atoms with Gasteiger partial charge in [-0.1, -0.05) is 37.4 Å². The van der Waals surface area contributed by atoms with Gasteiger partial charge in [0, 0.05) is 29.1 Å².